The van der Waals surface area contributed by atoms with Gasteiger partial charge in [0.25, 0.3) is 5.91 Å². The van der Waals surface area contributed by atoms with E-state index < -0.39 is 0 Å². The van der Waals surface area contributed by atoms with Gasteiger partial charge in [0.1, 0.15) is 0 Å². The first kappa shape index (κ1) is 13.8. The molecule has 0 fully saturated rings. The number of anilines is 1. The minimum absolute atomic E-state index is 0.111. The van der Waals surface area contributed by atoms with Gasteiger partial charge in [-0.15, -0.1) is 0 Å². The highest BCUT2D eigenvalue weighted by atomic mass is 16.3. The highest BCUT2D eigenvalue weighted by Crippen LogP contribution is 2.34. The standard InChI is InChI=1S/C19H16N2O2/c1-13-11-15-9-5-6-10-16(15)21(13)19(22)17-18(23-12-20-17)14-7-3-2-4-8-14/h2-10,12-13H,11H2,1H3. The molecule has 1 aliphatic rings. The molecule has 0 spiro atoms. The molecule has 4 heteroatoms. The van der Waals surface area contributed by atoms with Crippen molar-refractivity contribution in [3.05, 3.63) is 72.2 Å². The van der Waals surface area contributed by atoms with Gasteiger partial charge in [-0.25, -0.2) is 4.98 Å². The van der Waals surface area contributed by atoms with Crippen LogP contribution in [-0.4, -0.2) is 16.9 Å². The Hall–Kier alpha value is -2.88. The third-order valence-electron chi connectivity index (χ3n) is 4.23. The Morgan fingerprint density at radius 1 is 1.13 bits per heavy atom. The second kappa shape index (κ2) is 5.39. The number of para-hydroxylation sites is 1. The Morgan fingerprint density at radius 2 is 1.87 bits per heavy atom. The predicted octanol–water partition coefficient (Wildman–Crippen LogP) is 3.93. The van der Waals surface area contributed by atoms with E-state index in [9.17, 15) is 4.79 Å². The quantitative estimate of drug-likeness (QED) is 0.720. The molecule has 2 heterocycles. The molecular weight excluding hydrogens is 288 g/mol. The van der Waals surface area contributed by atoms with Crippen molar-refractivity contribution in [2.24, 2.45) is 0 Å². The summed E-state index contributed by atoms with van der Waals surface area (Å²) in [7, 11) is 0. The smallest absolute Gasteiger partial charge is 0.281 e. The fraction of sp³-hybridized carbons (Fsp3) is 0.158. The maximum absolute atomic E-state index is 13.1. The van der Waals surface area contributed by atoms with Crippen LogP contribution in [0.3, 0.4) is 0 Å². The maximum Gasteiger partial charge on any atom is 0.281 e. The Balaban J connectivity index is 1.76. The summed E-state index contributed by atoms with van der Waals surface area (Å²) in [6.07, 6.45) is 2.20. The summed E-state index contributed by atoms with van der Waals surface area (Å²) in [6.45, 7) is 2.06. The van der Waals surface area contributed by atoms with E-state index in [1.165, 1.54) is 12.0 Å². The first-order chi connectivity index (χ1) is 11.3. The zero-order valence-electron chi connectivity index (χ0n) is 12.8. The summed E-state index contributed by atoms with van der Waals surface area (Å²) < 4.78 is 5.50. The first-order valence-corrected chi connectivity index (χ1v) is 7.66. The van der Waals surface area contributed by atoms with E-state index in [0.29, 0.717) is 11.5 Å². The normalized spacial score (nSPS) is 16.4. The molecule has 3 aromatic rings. The largest absolute Gasteiger partial charge is 0.443 e. The van der Waals surface area contributed by atoms with Gasteiger partial charge in [0.05, 0.1) is 0 Å². The summed E-state index contributed by atoms with van der Waals surface area (Å²) in [5, 5.41) is 0. The Bertz CT molecular complexity index is 855. The third-order valence-corrected chi connectivity index (χ3v) is 4.23. The number of fused-ring (bicyclic) bond motifs is 1. The fourth-order valence-electron chi connectivity index (χ4n) is 3.18. The van der Waals surface area contributed by atoms with Crippen LogP contribution < -0.4 is 4.90 Å². The molecule has 0 aliphatic carbocycles. The van der Waals surface area contributed by atoms with Crippen molar-refractivity contribution in [2.75, 3.05) is 4.90 Å². The molecule has 4 nitrogen and oxygen atoms in total. The van der Waals surface area contributed by atoms with Gasteiger partial charge in [0, 0.05) is 17.3 Å². The van der Waals surface area contributed by atoms with E-state index in [2.05, 4.69) is 18.0 Å². The topological polar surface area (TPSA) is 46.3 Å². The summed E-state index contributed by atoms with van der Waals surface area (Å²) in [5.74, 6) is 0.405. The third kappa shape index (κ3) is 2.23. The highest BCUT2D eigenvalue weighted by molar-refractivity contribution is 6.09. The van der Waals surface area contributed by atoms with Crippen LogP contribution in [0.2, 0.25) is 0 Å². The lowest BCUT2D eigenvalue weighted by atomic mass is 10.1. The van der Waals surface area contributed by atoms with Gasteiger partial charge in [-0.2, -0.15) is 0 Å². The molecular formula is C19H16N2O2. The Morgan fingerprint density at radius 3 is 2.70 bits per heavy atom. The highest BCUT2D eigenvalue weighted by Gasteiger charge is 2.34. The second-order valence-corrected chi connectivity index (χ2v) is 5.75. The molecule has 0 saturated carbocycles. The fourth-order valence-corrected chi connectivity index (χ4v) is 3.18. The van der Waals surface area contributed by atoms with E-state index in [4.69, 9.17) is 4.42 Å². The Labute approximate surface area is 134 Å². The van der Waals surface area contributed by atoms with Gasteiger partial charge < -0.3 is 9.32 Å². The van der Waals surface area contributed by atoms with Crippen LogP contribution in [0.15, 0.2) is 65.4 Å². The van der Waals surface area contributed by atoms with Crippen LogP contribution >= 0.6 is 0 Å². The van der Waals surface area contributed by atoms with Crippen molar-refractivity contribution in [2.45, 2.75) is 19.4 Å². The molecule has 1 atom stereocenters. The molecule has 0 saturated heterocycles. The number of carbonyl (C=O) groups excluding carboxylic acids is 1. The van der Waals surface area contributed by atoms with Crippen molar-refractivity contribution < 1.29 is 9.21 Å². The predicted molar refractivity (Wildman–Crippen MR) is 88.4 cm³/mol. The van der Waals surface area contributed by atoms with Crippen molar-refractivity contribution >= 4 is 11.6 Å². The number of carbonyl (C=O) groups is 1. The average molecular weight is 304 g/mol. The second-order valence-electron chi connectivity index (χ2n) is 5.75. The monoisotopic (exact) mass is 304 g/mol. The molecule has 1 aromatic heterocycles. The number of amides is 1. The lowest BCUT2D eigenvalue weighted by Crippen LogP contribution is -2.36. The van der Waals surface area contributed by atoms with Crippen LogP contribution in [-0.2, 0) is 6.42 Å². The molecule has 1 aliphatic heterocycles. The number of aromatic nitrogens is 1. The number of rotatable bonds is 2. The molecule has 2 aromatic carbocycles. The van der Waals surface area contributed by atoms with Gasteiger partial charge in [-0.1, -0.05) is 48.5 Å². The lowest BCUT2D eigenvalue weighted by Gasteiger charge is -2.22. The molecule has 0 N–H and O–H groups in total. The Kier molecular flexibility index (Phi) is 3.23. The van der Waals surface area contributed by atoms with Gasteiger partial charge in [-0.3, -0.25) is 4.79 Å². The molecule has 114 valence electrons. The lowest BCUT2D eigenvalue weighted by molar-refractivity contribution is 0.0977. The zero-order valence-corrected chi connectivity index (χ0v) is 12.8. The van der Waals surface area contributed by atoms with Crippen LogP contribution in [0.4, 0.5) is 5.69 Å². The van der Waals surface area contributed by atoms with Gasteiger partial charge in [0.2, 0.25) is 0 Å². The maximum atomic E-state index is 13.1. The van der Waals surface area contributed by atoms with Crippen LogP contribution in [0, 0.1) is 0 Å². The van der Waals surface area contributed by atoms with E-state index in [-0.39, 0.29) is 11.9 Å². The van der Waals surface area contributed by atoms with Crippen LogP contribution in [0.1, 0.15) is 23.0 Å². The van der Waals surface area contributed by atoms with E-state index in [1.54, 1.807) is 0 Å². The summed E-state index contributed by atoms with van der Waals surface area (Å²) in [4.78, 5) is 19.1. The van der Waals surface area contributed by atoms with Crippen LogP contribution in [0.5, 0.6) is 0 Å². The number of benzene rings is 2. The van der Waals surface area contributed by atoms with Crippen molar-refractivity contribution in [3.63, 3.8) is 0 Å². The van der Waals surface area contributed by atoms with E-state index in [0.717, 1.165) is 17.7 Å². The molecule has 1 amide bonds. The number of hydrogen-bond acceptors (Lipinski definition) is 3. The minimum Gasteiger partial charge on any atom is -0.443 e. The molecule has 4 rings (SSSR count). The SMILES string of the molecule is CC1Cc2ccccc2N1C(=O)c1ncoc1-c1ccccc1. The number of oxazole rings is 1. The van der Waals surface area contributed by atoms with Gasteiger partial charge in [-0.05, 0) is 25.0 Å². The average Bonchev–Trinajstić information content (AvgIpc) is 3.18. The van der Waals surface area contributed by atoms with Gasteiger partial charge in [0.15, 0.2) is 17.8 Å². The zero-order chi connectivity index (χ0) is 15.8. The summed E-state index contributed by atoms with van der Waals surface area (Å²) in [5.41, 5.74) is 3.37. The van der Waals surface area contributed by atoms with Crippen LogP contribution in [0.25, 0.3) is 11.3 Å². The van der Waals surface area contributed by atoms with Crippen molar-refractivity contribution in [1.82, 2.24) is 4.98 Å². The molecule has 23 heavy (non-hydrogen) atoms. The number of nitrogens with zero attached hydrogens (tertiary/aromatic N) is 2. The summed E-state index contributed by atoms with van der Waals surface area (Å²) >= 11 is 0. The number of hydrogen-bond donors (Lipinski definition) is 0. The first-order valence-electron chi connectivity index (χ1n) is 7.66. The van der Waals surface area contributed by atoms with Gasteiger partial charge >= 0.3 is 0 Å². The molecule has 0 bridgehead atoms. The minimum atomic E-state index is -0.116. The van der Waals surface area contributed by atoms with Crippen molar-refractivity contribution in [3.8, 4) is 11.3 Å². The molecule has 0 radical (unpaired) electrons. The summed E-state index contributed by atoms with van der Waals surface area (Å²) in [6, 6.07) is 17.7. The van der Waals surface area contributed by atoms with Crippen molar-refractivity contribution in [1.29, 1.82) is 0 Å². The van der Waals surface area contributed by atoms with E-state index in [1.807, 2.05) is 53.4 Å². The molecule has 1 unspecified atom stereocenters. The van der Waals surface area contributed by atoms with E-state index >= 15 is 0 Å².